The fraction of sp³-hybridized carbons (Fsp3) is 0.0870. The highest BCUT2D eigenvalue weighted by Gasteiger charge is 2.47. The number of aromatic hydroxyl groups is 1. The summed E-state index contributed by atoms with van der Waals surface area (Å²) in [6.07, 6.45) is 3.04. The Balaban J connectivity index is 1.95. The fourth-order valence-corrected chi connectivity index (χ4v) is 3.47. The van der Waals surface area contributed by atoms with Crippen molar-refractivity contribution < 1.29 is 19.8 Å². The largest absolute Gasteiger partial charge is 0.508 e. The molecule has 1 atom stereocenters. The molecule has 0 aliphatic carbocycles. The lowest BCUT2D eigenvalue weighted by atomic mass is 9.95. The summed E-state index contributed by atoms with van der Waals surface area (Å²) < 4.78 is 0. The van der Waals surface area contributed by atoms with Crippen LogP contribution in [0.3, 0.4) is 0 Å². The van der Waals surface area contributed by atoms with Crippen molar-refractivity contribution in [1.29, 1.82) is 0 Å². The number of benzene rings is 2. The van der Waals surface area contributed by atoms with Crippen LogP contribution in [0.1, 0.15) is 22.7 Å². The predicted molar refractivity (Wildman–Crippen MR) is 108 cm³/mol. The van der Waals surface area contributed by atoms with Gasteiger partial charge in [-0.2, -0.15) is 0 Å². The van der Waals surface area contributed by atoms with E-state index in [1.54, 1.807) is 42.6 Å². The summed E-state index contributed by atoms with van der Waals surface area (Å²) in [6.45, 7) is 1.91. The topological polar surface area (TPSA) is 90.7 Å². The summed E-state index contributed by atoms with van der Waals surface area (Å²) in [5.41, 5.74) is 2.33. The van der Waals surface area contributed by atoms with E-state index in [2.05, 4.69) is 4.98 Å². The molecule has 1 unspecified atom stereocenters. The summed E-state index contributed by atoms with van der Waals surface area (Å²) in [4.78, 5) is 31.2. The zero-order chi connectivity index (χ0) is 20.5. The molecule has 0 spiro atoms. The number of Topliss-reactive ketones (excluding diaryl/α,β-unsaturated/α-hetero) is 1. The number of ketones is 1. The number of aliphatic hydroxyl groups is 1. The van der Waals surface area contributed by atoms with Crippen LogP contribution in [-0.2, 0) is 9.59 Å². The molecule has 4 rings (SSSR count). The Morgan fingerprint density at radius 2 is 1.79 bits per heavy atom. The van der Waals surface area contributed by atoms with Gasteiger partial charge in [0, 0.05) is 11.8 Å². The minimum absolute atomic E-state index is 0.00499. The van der Waals surface area contributed by atoms with Crippen molar-refractivity contribution >= 4 is 23.1 Å². The molecule has 29 heavy (non-hydrogen) atoms. The molecular formula is C23H18N2O4. The number of pyridine rings is 1. The first kappa shape index (κ1) is 18.4. The number of nitrogens with zero attached hydrogens (tertiary/aromatic N) is 2. The first-order chi connectivity index (χ1) is 14.0. The number of aryl methyl sites for hydroxylation is 1. The van der Waals surface area contributed by atoms with Crippen molar-refractivity contribution in [2.24, 2.45) is 0 Å². The highest BCUT2D eigenvalue weighted by Crippen LogP contribution is 2.42. The van der Waals surface area contributed by atoms with Crippen LogP contribution in [0.25, 0.3) is 5.76 Å². The third kappa shape index (κ3) is 3.25. The van der Waals surface area contributed by atoms with E-state index >= 15 is 0 Å². The number of aliphatic hydroxyl groups excluding tert-OH is 1. The zero-order valence-electron chi connectivity index (χ0n) is 15.6. The molecule has 1 aliphatic heterocycles. The number of rotatable bonds is 3. The molecule has 6 heteroatoms. The molecule has 1 saturated heterocycles. The molecule has 2 aromatic carbocycles. The third-order valence-electron chi connectivity index (χ3n) is 4.88. The second-order valence-corrected chi connectivity index (χ2v) is 6.84. The van der Waals surface area contributed by atoms with Gasteiger partial charge in [0.05, 0.1) is 23.5 Å². The van der Waals surface area contributed by atoms with Crippen LogP contribution >= 0.6 is 0 Å². The van der Waals surface area contributed by atoms with Crippen molar-refractivity contribution in [2.45, 2.75) is 13.0 Å². The summed E-state index contributed by atoms with van der Waals surface area (Å²) >= 11 is 0. The Labute approximate surface area is 167 Å². The van der Waals surface area contributed by atoms with Crippen LogP contribution in [0.2, 0.25) is 0 Å². The van der Waals surface area contributed by atoms with Gasteiger partial charge in [-0.3, -0.25) is 19.5 Å². The van der Waals surface area contributed by atoms with E-state index in [1.807, 2.05) is 19.1 Å². The van der Waals surface area contributed by atoms with E-state index in [9.17, 15) is 19.8 Å². The van der Waals surface area contributed by atoms with Gasteiger partial charge in [0.15, 0.2) is 0 Å². The van der Waals surface area contributed by atoms with Crippen molar-refractivity contribution in [3.05, 3.63) is 95.3 Å². The maximum atomic E-state index is 12.9. The van der Waals surface area contributed by atoms with Crippen molar-refractivity contribution in [3.8, 4) is 5.75 Å². The lowest BCUT2D eigenvalue weighted by Gasteiger charge is -2.25. The van der Waals surface area contributed by atoms with Crippen LogP contribution in [0, 0.1) is 6.92 Å². The maximum Gasteiger partial charge on any atom is 0.300 e. The number of hydrogen-bond donors (Lipinski definition) is 2. The van der Waals surface area contributed by atoms with Crippen molar-refractivity contribution in [2.75, 3.05) is 4.90 Å². The Kier molecular flexibility index (Phi) is 4.60. The first-order valence-electron chi connectivity index (χ1n) is 9.04. The fourth-order valence-electron chi connectivity index (χ4n) is 3.47. The zero-order valence-corrected chi connectivity index (χ0v) is 15.6. The predicted octanol–water partition coefficient (Wildman–Crippen LogP) is 3.72. The maximum absolute atomic E-state index is 12.9. The number of phenols is 1. The van der Waals surface area contributed by atoms with Crippen molar-refractivity contribution in [1.82, 2.24) is 4.98 Å². The van der Waals surface area contributed by atoms with E-state index in [-0.39, 0.29) is 17.1 Å². The normalized spacial score (nSPS) is 18.2. The Hall–Kier alpha value is -3.93. The van der Waals surface area contributed by atoms with Crippen LogP contribution in [0.15, 0.2) is 78.6 Å². The third-order valence-corrected chi connectivity index (χ3v) is 4.88. The number of phenolic OH excluding ortho intramolecular Hbond substituents is 1. The number of amides is 1. The average molecular weight is 386 g/mol. The van der Waals surface area contributed by atoms with Gasteiger partial charge in [0.2, 0.25) is 0 Å². The van der Waals surface area contributed by atoms with Gasteiger partial charge in [-0.15, -0.1) is 0 Å². The SMILES string of the molecule is Cc1ccc(/C(O)=C2/C(=O)C(=O)N(c3cccnc3)C2c2cccc(O)c2)cc1. The summed E-state index contributed by atoms with van der Waals surface area (Å²) in [5, 5.41) is 20.9. The number of anilines is 1. The molecule has 0 radical (unpaired) electrons. The number of hydrogen-bond acceptors (Lipinski definition) is 5. The second-order valence-electron chi connectivity index (χ2n) is 6.84. The molecule has 2 N–H and O–H groups in total. The molecule has 1 aliphatic rings. The van der Waals surface area contributed by atoms with Gasteiger partial charge in [-0.25, -0.2) is 0 Å². The monoisotopic (exact) mass is 386 g/mol. The standard InChI is InChI=1S/C23H18N2O4/c1-14-7-9-15(10-8-14)21(27)19-20(16-4-2-6-18(26)12-16)25(23(29)22(19)28)17-5-3-11-24-13-17/h2-13,20,26-27H,1H3/b21-19-. The number of carbonyl (C=O) groups is 2. The minimum atomic E-state index is -0.896. The van der Waals surface area contributed by atoms with Crippen LogP contribution in [0.5, 0.6) is 5.75 Å². The number of aromatic nitrogens is 1. The van der Waals surface area contributed by atoms with E-state index in [0.717, 1.165) is 5.56 Å². The van der Waals surface area contributed by atoms with Gasteiger partial charge >= 0.3 is 0 Å². The molecule has 0 bridgehead atoms. The summed E-state index contributed by atoms with van der Waals surface area (Å²) in [6, 6.07) is 15.7. The lowest BCUT2D eigenvalue weighted by molar-refractivity contribution is -0.132. The van der Waals surface area contributed by atoms with E-state index in [0.29, 0.717) is 16.8 Å². The number of carbonyl (C=O) groups excluding carboxylic acids is 2. The Bertz CT molecular complexity index is 1120. The minimum Gasteiger partial charge on any atom is -0.508 e. The molecule has 2 heterocycles. The van der Waals surface area contributed by atoms with Crippen LogP contribution in [-0.4, -0.2) is 26.9 Å². The summed E-state index contributed by atoms with van der Waals surface area (Å²) in [7, 11) is 0. The molecule has 3 aromatic rings. The molecular weight excluding hydrogens is 368 g/mol. The second kappa shape index (κ2) is 7.24. The van der Waals surface area contributed by atoms with Gasteiger partial charge in [-0.1, -0.05) is 42.0 Å². The Morgan fingerprint density at radius 3 is 2.45 bits per heavy atom. The molecule has 1 aromatic heterocycles. The molecule has 6 nitrogen and oxygen atoms in total. The smallest absolute Gasteiger partial charge is 0.300 e. The Morgan fingerprint density at radius 1 is 1.03 bits per heavy atom. The van der Waals surface area contributed by atoms with E-state index < -0.39 is 17.7 Å². The lowest BCUT2D eigenvalue weighted by Crippen LogP contribution is -2.29. The quantitative estimate of drug-likeness (QED) is 0.407. The summed E-state index contributed by atoms with van der Waals surface area (Å²) in [5.74, 6) is -1.82. The van der Waals surface area contributed by atoms with Crippen LogP contribution in [0.4, 0.5) is 5.69 Å². The van der Waals surface area contributed by atoms with Crippen molar-refractivity contribution in [3.63, 3.8) is 0 Å². The van der Waals surface area contributed by atoms with Gasteiger partial charge in [-0.05, 0) is 36.8 Å². The average Bonchev–Trinajstić information content (AvgIpc) is 2.99. The van der Waals surface area contributed by atoms with Gasteiger partial charge in [0.1, 0.15) is 11.5 Å². The highest BCUT2D eigenvalue weighted by atomic mass is 16.3. The molecule has 1 fully saturated rings. The van der Waals surface area contributed by atoms with Crippen LogP contribution < -0.4 is 4.90 Å². The molecule has 0 saturated carbocycles. The van der Waals surface area contributed by atoms with E-state index in [4.69, 9.17) is 0 Å². The van der Waals surface area contributed by atoms with Gasteiger partial charge < -0.3 is 10.2 Å². The van der Waals surface area contributed by atoms with Gasteiger partial charge in [0.25, 0.3) is 11.7 Å². The highest BCUT2D eigenvalue weighted by molar-refractivity contribution is 6.51. The molecule has 144 valence electrons. The van der Waals surface area contributed by atoms with E-state index in [1.165, 1.54) is 23.2 Å². The molecule has 1 amide bonds. The first-order valence-corrected chi connectivity index (χ1v) is 9.04.